The summed E-state index contributed by atoms with van der Waals surface area (Å²) < 4.78 is 10.3. The van der Waals surface area contributed by atoms with Crippen molar-refractivity contribution in [1.29, 1.82) is 0 Å². The van der Waals surface area contributed by atoms with Crippen LogP contribution in [0, 0.1) is 0 Å². The van der Waals surface area contributed by atoms with Crippen LogP contribution in [0.15, 0.2) is 0 Å². The average Bonchev–Trinajstić information content (AvgIpc) is 2.28. The van der Waals surface area contributed by atoms with Crippen LogP contribution >= 0.6 is 0 Å². The number of carboxylic acids is 1. The van der Waals surface area contributed by atoms with Crippen LogP contribution in [0.25, 0.3) is 0 Å². The number of carbonyl (C=O) groups is 3. The molecule has 0 saturated heterocycles. The van der Waals surface area contributed by atoms with Crippen molar-refractivity contribution in [2.75, 3.05) is 6.54 Å². The molecular weight excluding hydrogens is 304 g/mol. The number of amides is 2. The molecule has 3 N–H and O–H groups in total. The fraction of sp³-hybridized carbons (Fsp3) is 0.800. The molecule has 0 aromatic heterocycles. The molecular formula is C15H28N2O6. The molecule has 0 fully saturated rings. The van der Waals surface area contributed by atoms with Crippen LogP contribution in [0.3, 0.4) is 0 Å². The Bertz CT molecular complexity index is 408. The SMILES string of the molecule is CC(C)(C)OC(=O)N(C(=O)OC(C)(C)C)C(CCCN)C(=O)O. The number of rotatable bonds is 5. The monoisotopic (exact) mass is 332 g/mol. The van der Waals surface area contributed by atoms with Crippen molar-refractivity contribution in [3.63, 3.8) is 0 Å². The van der Waals surface area contributed by atoms with E-state index in [2.05, 4.69) is 0 Å². The van der Waals surface area contributed by atoms with E-state index in [0.29, 0.717) is 11.3 Å². The number of imide groups is 1. The van der Waals surface area contributed by atoms with Crippen LogP contribution in [-0.4, -0.2) is 52.0 Å². The van der Waals surface area contributed by atoms with E-state index < -0.39 is 35.4 Å². The zero-order chi connectivity index (χ0) is 18.4. The molecule has 0 aliphatic carbocycles. The van der Waals surface area contributed by atoms with Crippen molar-refractivity contribution in [3.05, 3.63) is 0 Å². The maximum Gasteiger partial charge on any atom is 0.420 e. The van der Waals surface area contributed by atoms with Gasteiger partial charge in [0, 0.05) is 0 Å². The minimum Gasteiger partial charge on any atom is -0.480 e. The zero-order valence-electron chi connectivity index (χ0n) is 14.7. The molecule has 8 heteroatoms. The van der Waals surface area contributed by atoms with Gasteiger partial charge in [0.05, 0.1) is 0 Å². The van der Waals surface area contributed by atoms with Crippen LogP contribution in [0.4, 0.5) is 9.59 Å². The summed E-state index contributed by atoms with van der Waals surface area (Å²) in [5, 5.41) is 9.37. The van der Waals surface area contributed by atoms with Gasteiger partial charge in [-0.1, -0.05) is 0 Å². The van der Waals surface area contributed by atoms with Crippen molar-refractivity contribution in [3.8, 4) is 0 Å². The predicted molar refractivity (Wildman–Crippen MR) is 84.0 cm³/mol. The number of ether oxygens (including phenoxy) is 2. The first kappa shape index (κ1) is 21.2. The first-order chi connectivity index (χ1) is 10.3. The Morgan fingerprint density at radius 1 is 1.00 bits per heavy atom. The highest BCUT2D eigenvalue weighted by Crippen LogP contribution is 2.19. The lowest BCUT2D eigenvalue weighted by atomic mass is 10.1. The largest absolute Gasteiger partial charge is 0.480 e. The van der Waals surface area contributed by atoms with E-state index in [0.717, 1.165) is 0 Å². The second kappa shape index (κ2) is 8.14. The molecule has 0 aliphatic heterocycles. The third-order valence-corrected chi connectivity index (χ3v) is 2.46. The number of hydrogen-bond donors (Lipinski definition) is 2. The van der Waals surface area contributed by atoms with Gasteiger partial charge in [-0.3, -0.25) is 0 Å². The summed E-state index contributed by atoms with van der Waals surface area (Å²) in [4.78, 5) is 36.6. The summed E-state index contributed by atoms with van der Waals surface area (Å²) in [6.45, 7) is 9.95. The second-order valence-corrected chi connectivity index (χ2v) is 7.12. The lowest BCUT2D eigenvalue weighted by molar-refractivity contribution is -0.143. The summed E-state index contributed by atoms with van der Waals surface area (Å²) in [5.41, 5.74) is 3.63. The van der Waals surface area contributed by atoms with Gasteiger partial charge in [0.2, 0.25) is 0 Å². The lowest BCUT2D eigenvalue weighted by Gasteiger charge is -2.31. The number of carbonyl (C=O) groups excluding carboxylic acids is 2. The van der Waals surface area contributed by atoms with Crippen molar-refractivity contribution in [1.82, 2.24) is 4.90 Å². The van der Waals surface area contributed by atoms with Gasteiger partial charge in [-0.2, -0.15) is 4.90 Å². The van der Waals surface area contributed by atoms with Gasteiger partial charge < -0.3 is 20.3 Å². The Labute approximate surface area is 136 Å². The molecule has 1 atom stereocenters. The molecule has 0 bridgehead atoms. The molecule has 0 saturated carbocycles. The molecule has 0 aliphatic rings. The normalized spacial score (nSPS) is 13.2. The summed E-state index contributed by atoms with van der Waals surface area (Å²) in [7, 11) is 0. The van der Waals surface area contributed by atoms with E-state index in [9.17, 15) is 19.5 Å². The molecule has 0 heterocycles. The van der Waals surface area contributed by atoms with Crippen molar-refractivity contribution in [2.45, 2.75) is 71.6 Å². The van der Waals surface area contributed by atoms with Gasteiger partial charge >= 0.3 is 18.2 Å². The van der Waals surface area contributed by atoms with E-state index in [4.69, 9.17) is 15.2 Å². The van der Waals surface area contributed by atoms with Gasteiger partial charge in [-0.15, -0.1) is 0 Å². The van der Waals surface area contributed by atoms with Crippen LogP contribution in [-0.2, 0) is 14.3 Å². The number of carboxylic acid groups (broad SMARTS) is 1. The third kappa shape index (κ3) is 8.39. The molecule has 0 spiro atoms. The predicted octanol–water partition coefficient (Wildman–Crippen LogP) is 2.35. The first-order valence-corrected chi connectivity index (χ1v) is 7.46. The maximum atomic E-state index is 12.3. The van der Waals surface area contributed by atoms with E-state index >= 15 is 0 Å². The van der Waals surface area contributed by atoms with E-state index in [1.165, 1.54) is 0 Å². The first-order valence-electron chi connectivity index (χ1n) is 7.46. The van der Waals surface area contributed by atoms with Crippen LogP contribution in [0.2, 0.25) is 0 Å². The quantitative estimate of drug-likeness (QED) is 0.793. The maximum absolute atomic E-state index is 12.3. The molecule has 23 heavy (non-hydrogen) atoms. The highest BCUT2D eigenvalue weighted by atomic mass is 16.6. The Kier molecular flexibility index (Phi) is 7.50. The van der Waals surface area contributed by atoms with E-state index in [1.54, 1.807) is 41.5 Å². The number of nitrogens with zero attached hydrogens (tertiary/aromatic N) is 1. The molecule has 0 radical (unpaired) electrons. The van der Waals surface area contributed by atoms with Gasteiger partial charge in [-0.05, 0) is 60.9 Å². The molecule has 8 nitrogen and oxygen atoms in total. The van der Waals surface area contributed by atoms with Crippen molar-refractivity contribution >= 4 is 18.2 Å². The Balaban J connectivity index is 5.53. The second-order valence-electron chi connectivity index (χ2n) is 7.12. The topological polar surface area (TPSA) is 119 Å². The van der Waals surface area contributed by atoms with Crippen molar-refractivity contribution < 1.29 is 29.0 Å². The minimum atomic E-state index is -1.40. The molecule has 0 aromatic rings. The molecule has 1 unspecified atom stereocenters. The lowest BCUT2D eigenvalue weighted by Crippen LogP contribution is -2.52. The molecule has 0 aromatic carbocycles. The Hall–Kier alpha value is -1.83. The molecule has 2 amide bonds. The van der Waals surface area contributed by atoms with Crippen molar-refractivity contribution in [2.24, 2.45) is 5.73 Å². The standard InChI is InChI=1S/C15H28N2O6/c1-14(2,3)22-12(20)17(13(21)23-15(4,5)6)10(11(18)19)8-7-9-16/h10H,7-9,16H2,1-6H3,(H,18,19). The zero-order valence-corrected chi connectivity index (χ0v) is 14.7. The van der Waals surface area contributed by atoms with Crippen LogP contribution in [0.1, 0.15) is 54.4 Å². The van der Waals surface area contributed by atoms with E-state index in [1.807, 2.05) is 0 Å². The summed E-state index contributed by atoms with van der Waals surface area (Å²) >= 11 is 0. The fourth-order valence-electron chi connectivity index (χ4n) is 1.63. The van der Waals surface area contributed by atoms with Gasteiger partial charge in [-0.25, -0.2) is 14.4 Å². The average molecular weight is 332 g/mol. The van der Waals surface area contributed by atoms with Gasteiger partial charge in [0.25, 0.3) is 0 Å². The molecule has 0 rings (SSSR count). The number of aliphatic carboxylic acids is 1. The van der Waals surface area contributed by atoms with Gasteiger partial charge in [0.1, 0.15) is 17.2 Å². The summed E-state index contributed by atoms with van der Waals surface area (Å²) in [5.74, 6) is -1.32. The smallest absolute Gasteiger partial charge is 0.420 e. The Morgan fingerprint density at radius 3 is 1.65 bits per heavy atom. The van der Waals surface area contributed by atoms with Gasteiger partial charge in [0.15, 0.2) is 0 Å². The fourth-order valence-corrected chi connectivity index (χ4v) is 1.63. The highest BCUT2D eigenvalue weighted by Gasteiger charge is 2.39. The molecule has 134 valence electrons. The van der Waals surface area contributed by atoms with Crippen LogP contribution < -0.4 is 5.73 Å². The Morgan fingerprint density at radius 2 is 1.39 bits per heavy atom. The number of hydrogen-bond acceptors (Lipinski definition) is 6. The number of nitrogens with two attached hydrogens (primary N) is 1. The van der Waals surface area contributed by atoms with Crippen LogP contribution in [0.5, 0.6) is 0 Å². The van der Waals surface area contributed by atoms with E-state index in [-0.39, 0.29) is 13.0 Å². The summed E-state index contributed by atoms with van der Waals surface area (Å²) in [6, 6.07) is -1.40. The third-order valence-electron chi connectivity index (χ3n) is 2.46. The highest BCUT2D eigenvalue weighted by molar-refractivity contribution is 5.93. The summed E-state index contributed by atoms with van der Waals surface area (Å²) in [6.07, 6.45) is -1.77. The minimum absolute atomic E-state index is 0.0182.